The Morgan fingerprint density at radius 1 is 1.25 bits per heavy atom. The second kappa shape index (κ2) is 7.31. The van der Waals surface area contributed by atoms with E-state index in [0.29, 0.717) is 18.1 Å². The molecule has 1 aliphatic rings. The highest BCUT2D eigenvalue weighted by Crippen LogP contribution is 2.23. The van der Waals surface area contributed by atoms with Crippen LogP contribution in [-0.2, 0) is 11.3 Å². The van der Waals surface area contributed by atoms with Crippen LogP contribution < -0.4 is 15.5 Å². The van der Waals surface area contributed by atoms with Gasteiger partial charge in [-0.3, -0.25) is 9.78 Å². The minimum Gasteiger partial charge on any atom is -0.333 e. The first-order valence-electron chi connectivity index (χ1n) is 7.62. The second-order valence-electron chi connectivity index (χ2n) is 5.53. The van der Waals surface area contributed by atoms with Crippen LogP contribution in [0.4, 0.5) is 10.5 Å². The lowest BCUT2D eigenvalue weighted by atomic mass is 10.2. The van der Waals surface area contributed by atoms with Gasteiger partial charge in [-0.1, -0.05) is 17.7 Å². The molecular formula is C17H17ClN4O2. The van der Waals surface area contributed by atoms with E-state index < -0.39 is 0 Å². The second-order valence-corrected chi connectivity index (χ2v) is 5.97. The number of carbonyl (C=O) groups excluding carboxylic acids is 2. The monoisotopic (exact) mass is 344 g/mol. The number of hydrogen-bond acceptors (Lipinski definition) is 3. The molecule has 1 aliphatic heterocycles. The fourth-order valence-electron chi connectivity index (χ4n) is 2.58. The maximum atomic E-state index is 12.1. The van der Waals surface area contributed by atoms with E-state index in [-0.39, 0.29) is 24.4 Å². The van der Waals surface area contributed by atoms with Crippen LogP contribution in [0.2, 0.25) is 5.02 Å². The van der Waals surface area contributed by atoms with Crippen molar-refractivity contribution in [2.75, 3.05) is 11.4 Å². The van der Waals surface area contributed by atoms with E-state index in [1.54, 1.807) is 35.4 Å². The summed E-state index contributed by atoms with van der Waals surface area (Å²) in [5.41, 5.74) is 1.56. The molecule has 1 aromatic carbocycles. The van der Waals surface area contributed by atoms with E-state index >= 15 is 0 Å². The zero-order valence-corrected chi connectivity index (χ0v) is 13.7. The molecule has 24 heavy (non-hydrogen) atoms. The SMILES string of the molecule is O=C(NCc1ccccn1)NC1CC(=O)N(c2ccc(Cl)cc2)C1. The van der Waals surface area contributed by atoms with Crippen LogP contribution in [0.1, 0.15) is 12.1 Å². The Morgan fingerprint density at radius 2 is 2.04 bits per heavy atom. The van der Waals surface area contributed by atoms with Crippen LogP contribution in [0.3, 0.4) is 0 Å². The van der Waals surface area contributed by atoms with Gasteiger partial charge in [-0.05, 0) is 36.4 Å². The van der Waals surface area contributed by atoms with Gasteiger partial charge in [0.1, 0.15) is 0 Å². The van der Waals surface area contributed by atoms with E-state index in [9.17, 15) is 9.59 Å². The van der Waals surface area contributed by atoms with Crippen LogP contribution >= 0.6 is 11.6 Å². The number of nitrogens with one attached hydrogen (secondary N) is 2. The van der Waals surface area contributed by atoms with E-state index in [0.717, 1.165) is 11.4 Å². The highest BCUT2D eigenvalue weighted by molar-refractivity contribution is 6.30. The number of rotatable bonds is 4. The van der Waals surface area contributed by atoms with Gasteiger partial charge in [0.15, 0.2) is 0 Å². The topological polar surface area (TPSA) is 74.3 Å². The van der Waals surface area contributed by atoms with Gasteiger partial charge in [0.2, 0.25) is 5.91 Å². The molecule has 2 N–H and O–H groups in total. The maximum Gasteiger partial charge on any atom is 0.315 e. The summed E-state index contributed by atoms with van der Waals surface area (Å²) in [6.07, 6.45) is 1.95. The lowest BCUT2D eigenvalue weighted by Crippen LogP contribution is -2.43. The summed E-state index contributed by atoms with van der Waals surface area (Å²) in [5, 5.41) is 6.19. The van der Waals surface area contributed by atoms with Crippen molar-refractivity contribution in [2.45, 2.75) is 19.0 Å². The molecule has 1 atom stereocenters. The van der Waals surface area contributed by atoms with Crippen LogP contribution in [0, 0.1) is 0 Å². The average Bonchev–Trinajstić information content (AvgIpc) is 2.95. The molecule has 7 heteroatoms. The predicted molar refractivity (Wildman–Crippen MR) is 91.8 cm³/mol. The molecule has 2 heterocycles. The van der Waals surface area contributed by atoms with Crippen LogP contribution in [0.5, 0.6) is 0 Å². The highest BCUT2D eigenvalue weighted by Gasteiger charge is 2.31. The number of hydrogen-bond donors (Lipinski definition) is 2. The largest absolute Gasteiger partial charge is 0.333 e. The summed E-state index contributed by atoms with van der Waals surface area (Å²) >= 11 is 5.86. The number of benzene rings is 1. The van der Waals surface area contributed by atoms with Crippen molar-refractivity contribution in [1.82, 2.24) is 15.6 Å². The molecule has 0 saturated carbocycles. The summed E-state index contributed by atoms with van der Waals surface area (Å²) in [5.74, 6) is -0.0210. The molecular weight excluding hydrogens is 328 g/mol. The minimum absolute atomic E-state index is 0.0210. The van der Waals surface area contributed by atoms with E-state index in [1.807, 2.05) is 18.2 Å². The Hall–Kier alpha value is -2.60. The third kappa shape index (κ3) is 4.02. The van der Waals surface area contributed by atoms with Crippen LogP contribution in [0.15, 0.2) is 48.7 Å². The summed E-state index contributed by atoms with van der Waals surface area (Å²) in [6, 6.07) is 12.1. The lowest BCUT2D eigenvalue weighted by Gasteiger charge is -2.17. The summed E-state index contributed by atoms with van der Waals surface area (Å²) in [7, 11) is 0. The fraction of sp³-hybridized carbons (Fsp3) is 0.235. The van der Waals surface area contributed by atoms with E-state index in [4.69, 9.17) is 11.6 Å². The van der Waals surface area contributed by atoms with Gasteiger partial charge in [0, 0.05) is 29.9 Å². The number of pyridine rings is 1. The number of amides is 3. The number of carbonyl (C=O) groups is 2. The smallest absolute Gasteiger partial charge is 0.315 e. The number of halogens is 1. The zero-order valence-electron chi connectivity index (χ0n) is 12.9. The molecule has 1 fully saturated rings. The van der Waals surface area contributed by atoms with Gasteiger partial charge in [0.25, 0.3) is 0 Å². The molecule has 0 radical (unpaired) electrons. The molecule has 1 unspecified atom stereocenters. The number of nitrogens with zero attached hydrogens (tertiary/aromatic N) is 2. The fourth-order valence-corrected chi connectivity index (χ4v) is 2.71. The molecule has 1 saturated heterocycles. The van der Waals surface area contributed by atoms with Gasteiger partial charge >= 0.3 is 6.03 Å². The van der Waals surface area contributed by atoms with Crippen molar-refractivity contribution < 1.29 is 9.59 Å². The number of anilines is 1. The Morgan fingerprint density at radius 3 is 2.75 bits per heavy atom. The molecule has 2 aromatic rings. The van der Waals surface area contributed by atoms with Crippen molar-refractivity contribution in [3.63, 3.8) is 0 Å². The molecule has 1 aromatic heterocycles. The quantitative estimate of drug-likeness (QED) is 0.894. The van der Waals surface area contributed by atoms with Crippen LogP contribution in [0.25, 0.3) is 0 Å². The summed E-state index contributed by atoms with van der Waals surface area (Å²) < 4.78 is 0. The van der Waals surface area contributed by atoms with Crippen molar-refractivity contribution in [3.8, 4) is 0 Å². The lowest BCUT2D eigenvalue weighted by molar-refractivity contribution is -0.117. The zero-order chi connectivity index (χ0) is 16.9. The first kappa shape index (κ1) is 16.3. The number of aromatic nitrogens is 1. The van der Waals surface area contributed by atoms with Crippen molar-refractivity contribution in [3.05, 3.63) is 59.4 Å². The van der Waals surface area contributed by atoms with Gasteiger partial charge in [-0.2, -0.15) is 0 Å². The van der Waals surface area contributed by atoms with Crippen molar-refractivity contribution in [2.24, 2.45) is 0 Å². The Kier molecular flexibility index (Phi) is 4.96. The van der Waals surface area contributed by atoms with Crippen molar-refractivity contribution in [1.29, 1.82) is 0 Å². The van der Waals surface area contributed by atoms with Gasteiger partial charge in [-0.15, -0.1) is 0 Å². The molecule has 6 nitrogen and oxygen atoms in total. The normalized spacial score (nSPS) is 17.0. The molecule has 0 spiro atoms. The third-order valence-corrected chi connectivity index (χ3v) is 4.01. The molecule has 3 rings (SSSR count). The van der Waals surface area contributed by atoms with Crippen molar-refractivity contribution >= 4 is 29.2 Å². The Bertz CT molecular complexity index is 721. The summed E-state index contributed by atoms with van der Waals surface area (Å²) in [4.78, 5) is 29.9. The highest BCUT2D eigenvalue weighted by atomic mass is 35.5. The van der Waals surface area contributed by atoms with Gasteiger partial charge < -0.3 is 15.5 Å². The first-order valence-corrected chi connectivity index (χ1v) is 8.00. The average molecular weight is 345 g/mol. The molecule has 3 amide bonds. The van der Waals surface area contributed by atoms with Crippen LogP contribution in [-0.4, -0.2) is 29.5 Å². The number of urea groups is 1. The Labute approximate surface area is 144 Å². The van der Waals surface area contributed by atoms with Gasteiger partial charge in [-0.25, -0.2) is 4.79 Å². The van der Waals surface area contributed by atoms with E-state index in [2.05, 4.69) is 15.6 Å². The summed E-state index contributed by atoms with van der Waals surface area (Å²) in [6.45, 7) is 0.783. The maximum absolute atomic E-state index is 12.1. The molecule has 0 aliphatic carbocycles. The molecule has 124 valence electrons. The van der Waals surface area contributed by atoms with Gasteiger partial charge in [0.05, 0.1) is 18.3 Å². The molecule has 0 bridgehead atoms. The van der Waals surface area contributed by atoms with E-state index in [1.165, 1.54) is 0 Å². The first-order chi connectivity index (χ1) is 11.6. The third-order valence-electron chi connectivity index (χ3n) is 3.75. The Balaban J connectivity index is 1.52. The minimum atomic E-state index is -0.309. The predicted octanol–water partition coefficient (Wildman–Crippen LogP) is 2.34. The standard InChI is InChI=1S/C17H17ClN4O2/c18-12-4-6-15(7-5-12)22-11-14(9-16(22)23)21-17(24)20-10-13-3-1-2-8-19-13/h1-8,14H,9-11H2,(H2,20,21,24).